The van der Waals surface area contributed by atoms with Crippen molar-refractivity contribution in [1.29, 1.82) is 0 Å². The fraction of sp³-hybridized carbons (Fsp3) is 0.500. The van der Waals surface area contributed by atoms with Gasteiger partial charge in [0.2, 0.25) is 0 Å². The molecule has 0 aromatic heterocycles. The zero-order valence-corrected chi connectivity index (χ0v) is 11.7. The standard InChI is InChI=1S/C12H16BrClN2/c1-9-7-16(5-4-15-9)8-10-2-3-11(14)6-12(10)13/h2-3,6,9,15H,4-5,7-8H2,1H3/t9-/m0/s1. The molecule has 1 N–H and O–H groups in total. The zero-order valence-electron chi connectivity index (χ0n) is 9.34. The highest BCUT2D eigenvalue weighted by Crippen LogP contribution is 2.23. The van der Waals surface area contributed by atoms with Crippen LogP contribution in [0.4, 0.5) is 0 Å². The van der Waals surface area contributed by atoms with E-state index in [0.29, 0.717) is 6.04 Å². The predicted molar refractivity (Wildman–Crippen MR) is 71.9 cm³/mol. The Hall–Kier alpha value is -0.0900. The Morgan fingerprint density at radius 2 is 2.38 bits per heavy atom. The Balaban J connectivity index is 2.02. The molecule has 4 heteroatoms. The molecule has 0 amide bonds. The smallest absolute Gasteiger partial charge is 0.0417 e. The number of benzene rings is 1. The minimum Gasteiger partial charge on any atom is -0.312 e. The van der Waals surface area contributed by atoms with E-state index in [1.807, 2.05) is 12.1 Å². The van der Waals surface area contributed by atoms with Crippen LogP contribution in [0.15, 0.2) is 22.7 Å². The molecule has 0 spiro atoms. The second-order valence-corrected chi connectivity index (χ2v) is 5.62. The monoisotopic (exact) mass is 302 g/mol. The van der Waals surface area contributed by atoms with E-state index < -0.39 is 0 Å². The quantitative estimate of drug-likeness (QED) is 0.904. The number of rotatable bonds is 2. The molecule has 2 rings (SSSR count). The number of halogens is 2. The molecule has 88 valence electrons. The summed E-state index contributed by atoms with van der Waals surface area (Å²) < 4.78 is 1.10. The predicted octanol–water partition coefficient (Wildman–Crippen LogP) is 2.90. The molecule has 16 heavy (non-hydrogen) atoms. The van der Waals surface area contributed by atoms with Gasteiger partial charge in [0.15, 0.2) is 0 Å². The molecule has 1 aromatic carbocycles. The first-order valence-corrected chi connectivity index (χ1v) is 6.72. The molecular weight excluding hydrogens is 288 g/mol. The van der Waals surface area contributed by atoms with Crippen molar-refractivity contribution in [1.82, 2.24) is 10.2 Å². The van der Waals surface area contributed by atoms with E-state index >= 15 is 0 Å². The average Bonchev–Trinajstić information content (AvgIpc) is 2.22. The Kier molecular flexibility index (Phi) is 4.25. The van der Waals surface area contributed by atoms with Gasteiger partial charge in [0.1, 0.15) is 0 Å². The molecular formula is C12H16BrClN2. The molecule has 1 saturated heterocycles. The van der Waals surface area contributed by atoms with Crippen molar-refractivity contribution in [3.8, 4) is 0 Å². The normalized spacial score (nSPS) is 22.3. The van der Waals surface area contributed by atoms with E-state index in [9.17, 15) is 0 Å². The van der Waals surface area contributed by atoms with Crippen LogP contribution < -0.4 is 5.32 Å². The Morgan fingerprint density at radius 1 is 1.56 bits per heavy atom. The van der Waals surface area contributed by atoms with Crippen LogP contribution in [0.2, 0.25) is 5.02 Å². The first kappa shape index (κ1) is 12.4. The molecule has 1 aliphatic rings. The molecule has 0 unspecified atom stereocenters. The summed E-state index contributed by atoms with van der Waals surface area (Å²) in [5.74, 6) is 0. The number of nitrogens with one attached hydrogen (secondary N) is 1. The van der Waals surface area contributed by atoms with Gasteiger partial charge in [-0.05, 0) is 24.6 Å². The van der Waals surface area contributed by atoms with Crippen molar-refractivity contribution in [2.24, 2.45) is 0 Å². The maximum Gasteiger partial charge on any atom is 0.0417 e. The van der Waals surface area contributed by atoms with Crippen LogP contribution in [0.1, 0.15) is 12.5 Å². The highest BCUT2D eigenvalue weighted by Gasteiger charge is 2.16. The van der Waals surface area contributed by atoms with Crippen LogP contribution in [0.3, 0.4) is 0 Å². The van der Waals surface area contributed by atoms with E-state index in [0.717, 1.165) is 35.7 Å². The molecule has 0 saturated carbocycles. The van der Waals surface area contributed by atoms with Crippen LogP contribution in [0, 0.1) is 0 Å². The first-order chi connectivity index (χ1) is 7.65. The van der Waals surface area contributed by atoms with Gasteiger partial charge >= 0.3 is 0 Å². The third kappa shape index (κ3) is 3.20. The summed E-state index contributed by atoms with van der Waals surface area (Å²) in [7, 11) is 0. The van der Waals surface area contributed by atoms with E-state index in [1.165, 1.54) is 5.56 Å². The summed E-state index contributed by atoms with van der Waals surface area (Å²) in [6.07, 6.45) is 0. The van der Waals surface area contributed by atoms with Gasteiger partial charge in [0.25, 0.3) is 0 Å². The van der Waals surface area contributed by atoms with E-state index in [1.54, 1.807) is 0 Å². The minimum absolute atomic E-state index is 0.583. The zero-order chi connectivity index (χ0) is 11.5. The van der Waals surface area contributed by atoms with Crippen molar-refractivity contribution in [3.63, 3.8) is 0 Å². The Labute approximate surface area is 110 Å². The molecule has 1 aliphatic heterocycles. The second kappa shape index (κ2) is 5.50. The second-order valence-electron chi connectivity index (χ2n) is 4.33. The maximum absolute atomic E-state index is 5.93. The fourth-order valence-corrected chi connectivity index (χ4v) is 2.85. The van der Waals surface area contributed by atoms with Crippen LogP contribution in [0.5, 0.6) is 0 Å². The molecule has 2 nitrogen and oxygen atoms in total. The van der Waals surface area contributed by atoms with Crippen molar-refractivity contribution < 1.29 is 0 Å². The van der Waals surface area contributed by atoms with Crippen molar-refractivity contribution in [2.75, 3.05) is 19.6 Å². The third-order valence-corrected chi connectivity index (χ3v) is 3.84. The highest BCUT2D eigenvalue weighted by atomic mass is 79.9. The van der Waals surface area contributed by atoms with Gasteiger partial charge in [0.05, 0.1) is 0 Å². The molecule has 1 atom stereocenters. The lowest BCUT2D eigenvalue weighted by atomic mass is 10.1. The van der Waals surface area contributed by atoms with Gasteiger partial charge in [-0.15, -0.1) is 0 Å². The first-order valence-electron chi connectivity index (χ1n) is 5.55. The van der Waals surface area contributed by atoms with Crippen molar-refractivity contribution in [2.45, 2.75) is 19.5 Å². The number of piperazine rings is 1. The van der Waals surface area contributed by atoms with Gasteiger partial charge in [-0.25, -0.2) is 0 Å². The average molecular weight is 304 g/mol. The Morgan fingerprint density at radius 3 is 3.06 bits per heavy atom. The van der Waals surface area contributed by atoms with Gasteiger partial charge in [-0.2, -0.15) is 0 Å². The number of hydrogen-bond acceptors (Lipinski definition) is 2. The van der Waals surface area contributed by atoms with E-state index in [2.05, 4.69) is 39.1 Å². The highest BCUT2D eigenvalue weighted by molar-refractivity contribution is 9.10. The molecule has 0 aliphatic carbocycles. The fourth-order valence-electron chi connectivity index (χ4n) is 2.05. The largest absolute Gasteiger partial charge is 0.312 e. The van der Waals surface area contributed by atoms with Crippen LogP contribution in [-0.4, -0.2) is 30.6 Å². The number of hydrogen-bond donors (Lipinski definition) is 1. The molecule has 1 fully saturated rings. The summed E-state index contributed by atoms with van der Waals surface area (Å²) >= 11 is 9.49. The van der Waals surface area contributed by atoms with E-state index in [-0.39, 0.29) is 0 Å². The summed E-state index contributed by atoms with van der Waals surface area (Å²) in [5.41, 5.74) is 1.30. The lowest BCUT2D eigenvalue weighted by molar-refractivity contribution is 0.199. The van der Waals surface area contributed by atoms with E-state index in [4.69, 9.17) is 11.6 Å². The van der Waals surface area contributed by atoms with Gasteiger partial charge in [0, 0.05) is 41.7 Å². The lowest BCUT2D eigenvalue weighted by Crippen LogP contribution is -2.48. The Bertz CT molecular complexity index is 370. The van der Waals surface area contributed by atoms with Gasteiger partial charge in [-0.1, -0.05) is 33.6 Å². The maximum atomic E-state index is 5.93. The molecule has 1 heterocycles. The molecule has 0 bridgehead atoms. The molecule has 1 aromatic rings. The summed E-state index contributed by atoms with van der Waals surface area (Å²) in [6, 6.07) is 6.59. The van der Waals surface area contributed by atoms with Crippen LogP contribution in [0.25, 0.3) is 0 Å². The van der Waals surface area contributed by atoms with Crippen molar-refractivity contribution in [3.05, 3.63) is 33.3 Å². The topological polar surface area (TPSA) is 15.3 Å². The number of nitrogens with zero attached hydrogens (tertiary/aromatic N) is 1. The van der Waals surface area contributed by atoms with Crippen LogP contribution >= 0.6 is 27.5 Å². The molecule has 0 radical (unpaired) electrons. The lowest BCUT2D eigenvalue weighted by Gasteiger charge is -2.32. The van der Waals surface area contributed by atoms with Crippen molar-refractivity contribution >= 4 is 27.5 Å². The summed E-state index contributed by atoms with van der Waals surface area (Å²) in [4.78, 5) is 2.47. The third-order valence-electron chi connectivity index (χ3n) is 2.86. The summed E-state index contributed by atoms with van der Waals surface area (Å²) in [6.45, 7) is 6.51. The van der Waals surface area contributed by atoms with Gasteiger partial charge in [-0.3, -0.25) is 4.90 Å². The SMILES string of the molecule is C[C@H]1CN(Cc2ccc(Cl)cc2Br)CCN1. The van der Waals surface area contributed by atoms with Crippen LogP contribution in [-0.2, 0) is 6.54 Å². The van der Waals surface area contributed by atoms with Gasteiger partial charge < -0.3 is 5.32 Å². The summed E-state index contributed by atoms with van der Waals surface area (Å²) in [5, 5.41) is 4.23. The minimum atomic E-state index is 0.583.